The lowest BCUT2D eigenvalue weighted by atomic mass is 10.1. The molecule has 0 saturated carbocycles. The van der Waals surface area contributed by atoms with Crippen molar-refractivity contribution in [3.63, 3.8) is 0 Å². The molecular weight excluding hydrogens is 412 g/mol. The minimum Gasteiger partial charge on any atom is -0.356 e. The molecule has 140 valence electrons. The van der Waals surface area contributed by atoms with E-state index in [1.165, 1.54) is 4.88 Å². The zero-order valence-electron chi connectivity index (χ0n) is 15.4. The van der Waals surface area contributed by atoms with Crippen LogP contribution in [0, 0.1) is 0 Å². The fraction of sp³-hybridized carbons (Fsp3) is 0.368. The number of carbonyl (C=O) groups is 1. The Balaban J connectivity index is 1.76. The van der Waals surface area contributed by atoms with Crippen molar-refractivity contribution in [2.45, 2.75) is 12.8 Å². The molecule has 1 heterocycles. The van der Waals surface area contributed by atoms with Crippen molar-refractivity contribution in [2.24, 2.45) is 4.99 Å². The van der Waals surface area contributed by atoms with Crippen LogP contribution in [0.15, 0.2) is 45.2 Å². The molecule has 0 bridgehead atoms. The van der Waals surface area contributed by atoms with Gasteiger partial charge in [0.25, 0.3) is 5.91 Å². The average Bonchev–Trinajstić information content (AvgIpc) is 3.05. The lowest BCUT2D eigenvalue weighted by Gasteiger charge is -2.13. The monoisotopic (exact) mass is 436 g/mol. The molecule has 1 aromatic heterocycles. The maximum Gasteiger partial charge on any atom is 0.253 e. The predicted molar refractivity (Wildman–Crippen MR) is 113 cm³/mol. The number of hydrogen-bond acceptors (Lipinski definition) is 3. The standard InChI is InChI=1S/C19H25BrN4OS/c1-21-19(23-12-10-16-7-8-17(20)26-16)22-11-9-14-5-4-6-15(13-14)18(25)24(2)3/h4-8,13H,9-12H2,1-3H3,(H2,21,22,23). The Morgan fingerprint density at radius 1 is 1.15 bits per heavy atom. The summed E-state index contributed by atoms with van der Waals surface area (Å²) >= 11 is 5.24. The number of rotatable bonds is 7. The minimum absolute atomic E-state index is 0.0255. The number of halogens is 1. The molecule has 26 heavy (non-hydrogen) atoms. The largest absolute Gasteiger partial charge is 0.356 e. The smallest absolute Gasteiger partial charge is 0.253 e. The molecule has 2 aromatic rings. The van der Waals surface area contributed by atoms with Crippen LogP contribution in [0.4, 0.5) is 0 Å². The number of guanidine groups is 1. The maximum absolute atomic E-state index is 12.0. The van der Waals surface area contributed by atoms with Gasteiger partial charge in [-0.15, -0.1) is 11.3 Å². The van der Waals surface area contributed by atoms with E-state index in [1.54, 1.807) is 37.4 Å². The first-order valence-electron chi connectivity index (χ1n) is 8.49. The van der Waals surface area contributed by atoms with Crippen molar-refractivity contribution < 1.29 is 4.79 Å². The van der Waals surface area contributed by atoms with Gasteiger partial charge in [0, 0.05) is 44.7 Å². The summed E-state index contributed by atoms with van der Waals surface area (Å²) in [6.07, 6.45) is 1.79. The molecular formula is C19H25BrN4OS. The maximum atomic E-state index is 12.0. The lowest BCUT2D eigenvalue weighted by Crippen LogP contribution is -2.39. The Bertz CT molecular complexity index is 758. The van der Waals surface area contributed by atoms with Crippen molar-refractivity contribution >= 4 is 39.1 Å². The molecule has 0 radical (unpaired) electrons. The molecule has 5 nitrogen and oxygen atoms in total. The van der Waals surface area contributed by atoms with Crippen LogP contribution in [0.25, 0.3) is 0 Å². The SMILES string of the molecule is CN=C(NCCc1cccc(C(=O)N(C)C)c1)NCCc1ccc(Br)s1. The summed E-state index contributed by atoms with van der Waals surface area (Å²) in [7, 11) is 5.30. The zero-order valence-corrected chi connectivity index (χ0v) is 17.8. The van der Waals surface area contributed by atoms with E-state index in [4.69, 9.17) is 0 Å². The molecule has 0 saturated heterocycles. The third-order valence-corrected chi connectivity index (χ3v) is 5.49. The molecule has 7 heteroatoms. The molecule has 1 amide bonds. The van der Waals surface area contributed by atoms with Crippen LogP contribution >= 0.6 is 27.3 Å². The Morgan fingerprint density at radius 3 is 2.50 bits per heavy atom. The first-order chi connectivity index (χ1) is 12.5. The summed E-state index contributed by atoms with van der Waals surface area (Å²) in [6, 6.07) is 12.0. The highest BCUT2D eigenvalue weighted by atomic mass is 79.9. The molecule has 0 aliphatic heterocycles. The molecule has 0 aliphatic carbocycles. The van der Waals surface area contributed by atoms with Gasteiger partial charge in [-0.1, -0.05) is 12.1 Å². The number of nitrogens with zero attached hydrogens (tertiary/aromatic N) is 2. The summed E-state index contributed by atoms with van der Waals surface area (Å²) in [4.78, 5) is 19.2. The fourth-order valence-corrected chi connectivity index (χ4v) is 3.94. The van der Waals surface area contributed by atoms with E-state index in [2.05, 4.69) is 43.7 Å². The summed E-state index contributed by atoms with van der Waals surface area (Å²) in [6.45, 7) is 1.59. The van der Waals surface area contributed by atoms with Crippen molar-refractivity contribution in [3.8, 4) is 0 Å². The van der Waals surface area contributed by atoms with Gasteiger partial charge in [-0.2, -0.15) is 0 Å². The summed E-state index contributed by atoms with van der Waals surface area (Å²) in [5, 5.41) is 6.65. The second-order valence-electron chi connectivity index (χ2n) is 6.03. The van der Waals surface area contributed by atoms with Crippen molar-refractivity contribution in [2.75, 3.05) is 34.2 Å². The van der Waals surface area contributed by atoms with Crippen LogP contribution in [-0.2, 0) is 12.8 Å². The Labute approximate surface area is 167 Å². The van der Waals surface area contributed by atoms with Crippen molar-refractivity contribution in [1.82, 2.24) is 15.5 Å². The van der Waals surface area contributed by atoms with Gasteiger partial charge in [0.15, 0.2) is 5.96 Å². The van der Waals surface area contributed by atoms with Crippen LogP contribution in [-0.4, -0.2) is 51.0 Å². The topological polar surface area (TPSA) is 56.7 Å². The molecule has 0 spiro atoms. The third kappa shape index (κ3) is 6.46. The van der Waals surface area contributed by atoms with E-state index in [0.717, 1.165) is 46.8 Å². The Morgan fingerprint density at radius 2 is 1.88 bits per heavy atom. The van der Waals surface area contributed by atoms with Gasteiger partial charge in [0.05, 0.1) is 3.79 Å². The van der Waals surface area contributed by atoms with Gasteiger partial charge in [0.1, 0.15) is 0 Å². The van der Waals surface area contributed by atoms with E-state index < -0.39 is 0 Å². The Kier molecular flexibility index (Phi) is 8.12. The van der Waals surface area contributed by atoms with E-state index in [-0.39, 0.29) is 5.91 Å². The highest BCUT2D eigenvalue weighted by Crippen LogP contribution is 2.22. The first kappa shape index (κ1) is 20.5. The van der Waals surface area contributed by atoms with Crippen molar-refractivity contribution in [3.05, 3.63) is 56.2 Å². The van der Waals surface area contributed by atoms with Gasteiger partial charge in [-0.3, -0.25) is 9.79 Å². The second kappa shape index (κ2) is 10.3. The summed E-state index contributed by atoms with van der Waals surface area (Å²) in [5.74, 6) is 0.818. The molecule has 0 unspecified atom stereocenters. The molecule has 0 aliphatic rings. The second-order valence-corrected chi connectivity index (χ2v) is 8.58. The molecule has 2 N–H and O–H groups in total. The fourth-order valence-electron chi connectivity index (χ4n) is 2.45. The zero-order chi connectivity index (χ0) is 18.9. The van der Waals surface area contributed by atoms with E-state index in [0.29, 0.717) is 0 Å². The molecule has 0 atom stereocenters. The van der Waals surface area contributed by atoms with Gasteiger partial charge >= 0.3 is 0 Å². The number of benzene rings is 1. The van der Waals surface area contributed by atoms with Crippen LogP contribution in [0.2, 0.25) is 0 Å². The lowest BCUT2D eigenvalue weighted by molar-refractivity contribution is 0.0827. The highest BCUT2D eigenvalue weighted by Gasteiger charge is 2.08. The predicted octanol–water partition coefficient (Wildman–Crippen LogP) is 3.16. The van der Waals surface area contributed by atoms with E-state index in [9.17, 15) is 4.79 Å². The summed E-state index contributed by atoms with van der Waals surface area (Å²) in [5.41, 5.74) is 1.85. The molecule has 0 fully saturated rings. The van der Waals surface area contributed by atoms with Gasteiger partial charge in [-0.05, 0) is 58.6 Å². The Hall–Kier alpha value is -1.86. The molecule has 1 aromatic carbocycles. The molecule has 2 rings (SSSR count). The number of hydrogen-bond donors (Lipinski definition) is 2. The number of nitrogens with one attached hydrogen (secondary N) is 2. The number of aliphatic imine (C=N–C) groups is 1. The van der Waals surface area contributed by atoms with Crippen LogP contribution in [0.5, 0.6) is 0 Å². The van der Waals surface area contributed by atoms with Crippen LogP contribution in [0.1, 0.15) is 20.8 Å². The van der Waals surface area contributed by atoms with Gasteiger partial charge < -0.3 is 15.5 Å². The van der Waals surface area contributed by atoms with Crippen LogP contribution < -0.4 is 10.6 Å². The van der Waals surface area contributed by atoms with Gasteiger partial charge in [0.2, 0.25) is 0 Å². The quantitative estimate of drug-likeness (QED) is 0.517. The average molecular weight is 437 g/mol. The third-order valence-electron chi connectivity index (χ3n) is 3.80. The van der Waals surface area contributed by atoms with E-state index >= 15 is 0 Å². The van der Waals surface area contributed by atoms with E-state index in [1.807, 2.05) is 24.3 Å². The number of thiophene rings is 1. The highest BCUT2D eigenvalue weighted by molar-refractivity contribution is 9.11. The normalized spacial score (nSPS) is 11.3. The first-order valence-corrected chi connectivity index (χ1v) is 10.1. The number of amides is 1. The number of carbonyl (C=O) groups excluding carboxylic acids is 1. The minimum atomic E-state index is 0.0255. The summed E-state index contributed by atoms with van der Waals surface area (Å²) < 4.78 is 1.16. The van der Waals surface area contributed by atoms with Crippen molar-refractivity contribution in [1.29, 1.82) is 0 Å². The van der Waals surface area contributed by atoms with Gasteiger partial charge in [-0.25, -0.2) is 0 Å². The van der Waals surface area contributed by atoms with Crippen LogP contribution in [0.3, 0.4) is 0 Å².